The Hall–Kier alpha value is -3.81. The van der Waals surface area contributed by atoms with Gasteiger partial charge in [-0.05, 0) is 85.3 Å². The van der Waals surface area contributed by atoms with Gasteiger partial charge in [-0.25, -0.2) is 0 Å². The Kier molecular flexibility index (Phi) is 8.16. The molecule has 0 amide bonds. The van der Waals surface area contributed by atoms with Gasteiger partial charge in [0.05, 0.1) is 11.1 Å². The highest BCUT2D eigenvalue weighted by Crippen LogP contribution is 2.20. The number of nitrogens with zero attached hydrogens (tertiary/aromatic N) is 1. The fourth-order valence-corrected chi connectivity index (χ4v) is 3.93. The van der Waals surface area contributed by atoms with Crippen molar-refractivity contribution >= 4 is 10.9 Å². The van der Waals surface area contributed by atoms with Crippen LogP contribution in [0, 0.1) is 23.7 Å². The third kappa shape index (κ3) is 6.15. The lowest BCUT2D eigenvalue weighted by Crippen LogP contribution is -1.89. The third-order valence-electron chi connectivity index (χ3n) is 6.00. The molecule has 0 aliphatic carbocycles. The first-order valence-electron chi connectivity index (χ1n) is 12.4. The summed E-state index contributed by atoms with van der Waals surface area (Å²) in [6.45, 7) is 4.45. The molecule has 4 rings (SSSR count). The van der Waals surface area contributed by atoms with Gasteiger partial charge in [-0.15, -0.1) is 0 Å². The minimum atomic E-state index is 0.899. The molecule has 0 fully saturated rings. The second-order valence-corrected chi connectivity index (χ2v) is 8.66. The number of aromatic nitrogens is 1. The van der Waals surface area contributed by atoms with Crippen molar-refractivity contribution in [1.82, 2.24) is 4.98 Å². The van der Waals surface area contributed by atoms with E-state index in [0.717, 1.165) is 46.0 Å². The van der Waals surface area contributed by atoms with Crippen LogP contribution in [0.1, 0.15) is 72.9 Å². The molecule has 0 unspecified atom stereocenters. The van der Waals surface area contributed by atoms with Crippen LogP contribution in [0.5, 0.6) is 0 Å². The van der Waals surface area contributed by atoms with Crippen molar-refractivity contribution in [3.63, 3.8) is 0 Å². The number of aryl methyl sites for hydroxylation is 2. The van der Waals surface area contributed by atoms with E-state index in [1.165, 1.54) is 36.8 Å². The molecule has 0 spiro atoms. The summed E-state index contributed by atoms with van der Waals surface area (Å²) in [6.07, 6.45) is 8.96. The van der Waals surface area contributed by atoms with Gasteiger partial charge in [-0.1, -0.05) is 74.6 Å². The van der Waals surface area contributed by atoms with Crippen LogP contribution in [0.25, 0.3) is 10.9 Å². The molecule has 0 N–H and O–H groups in total. The highest BCUT2D eigenvalue weighted by molar-refractivity contribution is 5.89. The van der Waals surface area contributed by atoms with Gasteiger partial charge in [0.25, 0.3) is 0 Å². The molecule has 0 saturated heterocycles. The molecule has 0 radical (unpaired) electrons. The van der Waals surface area contributed by atoms with Crippen molar-refractivity contribution in [1.29, 1.82) is 0 Å². The van der Waals surface area contributed by atoms with Gasteiger partial charge in [0, 0.05) is 28.3 Å². The Morgan fingerprint density at radius 1 is 0.588 bits per heavy atom. The zero-order valence-corrected chi connectivity index (χ0v) is 20.2. The zero-order chi connectivity index (χ0) is 23.6. The highest BCUT2D eigenvalue weighted by Gasteiger charge is 2.04. The molecule has 0 aliphatic heterocycles. The van der Waals surface area contributed by atoms with Crippen LogP contribution in [-0.4, -0.2) is 4.98 Å². The van der Waals surface area contributed by atoms with E-state index in [1.54, 1.807) is 0 Å². The van der Waals surface area contributed by atoms with Gasteiger partial charge >= 0.3 is 0 Å². The summed E-state index contributed by atoms with van der Waals surface area (Å²) in [6, 6.07) is 25.3. The highest BCUT2D eigenvalue weighted by atomic mass is 14.6. The molecule has 0 bridgehead atoms. The largest absolute Gasteiger partial charge is 0.255 e. The van der Waals surface area contributed by atoms with Gasteiger partial charge in [-0.2, -0.15) is 0 Å². The predicted octanol–water partition coefficient (Wildman–Crippen LogP) is 7.72. The molecular weight excluding hydrogens is 410 g/mol. The lowest BCUT2D eigenvalue weighted by atomic mass is 10.0. The number of benzene rings is 3. The van der Waals surface area contributed by atoms with E-state index in [4.69, 9.17) is 0 Å². The van der Waals surface area contributed by atoms with Gasteiger partial charge in [0.2, 0.25) is 0 Å². The van der Waals surface area contributed by atoms with Crippen LogP contribution < -0.4 is 0 Å². The Morgan fingerprint density at radius 2 is 1.12 bits per heavy atom. The van der Waals surface area contributed by atoms with Crippen molar-refractivity contribution in [3.05, 3.63) is 112 Å². The van der Waals surface area contributed by atoms with Crippen LogP contribution in [0.3, 0.4) is 0 Å². The molecule has 3 aromatic carbocycles. The van der Waals surface area contributed by atoms with E-state index >= 15 is 0 Å². The van der Waals surface area contributed by atoms with Crippen molar-refractivity contribution in [2.24, 2.45) is 0 Å². The third-order valence-corrected chi connectivity index (χ3v) is 6.00. The van der Waals surface area contributed by atoms with Crippen LogP contribution in [0.2, 0.25) is 0 Å². The summed E-state index contributed by atoms with van der Waals surface area (Å²) < 4.78 is 0. The summed E-state index contributed by atoms with van der Waals surface area (Å²) in [5.74, 6) is 13.3. The fraction of sp³-hybridized carbons (Fsp3) is 0.242. The van der Waals surface area contributed by atoms with Crippen LogP contribution in [0.15, 0.2) is 79.0 Å². The van der Waals surface area contributed by atoms with Gasteiger partial charge in [-0.3, -0.25) is 4.98 Å². The van der Waals surface area contributed by atoms with Crippen molar-refractivity contribution in [3.8, 4) is 23.7 Å². The van der Waals surface area contributed by atoms with Crippen LogP contribution >= 0.6 is 0 Å². The topological polar surface area (TPSA) is 12.9 Å². The molecule has 4 aromatic rings. The summed E-state index contributed by atoms with van der Waals surface area (Å²) in [7, 11) is 0. The summed E-state index contributed by atoms with van der Waals surface area (Å²) in [4.78, 5) is 4.63. The first kappa shape index (κ1) is 23.4. The lowest BCUT2D eigenvalue weighted by molar-refractivity contribution is 0.795. The standard InChI is InChI=1S/C33H31N/c1-3-5-8-26-11-15-28(16-12-26)19-21-30-23-24-31(33-32(30)10-7-25-34-33)22-20-29-17-13-27(14-18-29)9-6-4-2/h7,10-18,23-25H,3-6,8-9H2,1-2H3. The SMILES string of the molecule is CCCCc1ccc(C#Cc2ccc(C#Cc3ccc(CCCC)cc3)c3ncccc23)cc1. The molecule has 0 aliphatic rings. The monoisotopic (exact) mass is 441 g/mol. The minimum Gasteiger partial charge on any atom is -0.255 e. The smallest absolute Gasteiger partial charge is 0.0870 e. The summed E-state index contributed by atoms with van der Waals surface area (Å²) in [5.41, 5.74) is 7.61. The number of rotatable bonds is 6. The maximum absolute atomic E-state index is 4.63. The van der Waals surface area contributed by atoms with Crippen molar-refractivity contribution in [2.45, 2.75) is 52.4 Å². The quantitative estimate of drug-likeness (QED) is 0.279. The average molecular weight is 442 g/mol. The number of unbranched alkanes of at least 4 members (excludes halogenated alkanes) is 2. The van der Waals surface area contributed by atoms with E-state index in [2.05, 4.69) is 103 Å². The van der Waals surface area contributed by atoms with Crippen LogP contribution in [0.4, 0.5) is 0 Å². The summed E-state index contributed by atoms with van der Waals surface area (Å²) in [5, 5.41) is 1.04. The Morgan fingerprint density at radius 3 is 1.68 bits per heavy atom. The molecule has 0 saturated carbocycles. The van der Waals surface area contributed by atoms with E-state index in [0.29, 0.717) is 0 Å². The van der Waals surface area contributed by atoms with Gasteiger partial charge in [0.1, 0.15) is 0 Å². The second-order valence-electron chi connectivity index (χ2n) is 8.66. The molecule has 34 heavy (non-hydrogen) atoms. The van der Waals surface area contributed by atoms with E-state index in [-0.39, 0.29) is 0 Å². The first-order valence-corrected chi connectivity index (χ1v) is 12.4. The molecule has 1 heterocycles. The molecule has 1 nitrogen and oxygen atoms in total. The van der Waals surface area contributed by atoms with Crippen molar-refractivity contribution in [2.75, 3.05) is 0 Å². The maximum Gasteiger partial charge on any atom is 0.0870 e. The Bertz CT molecular complexity index is 1250. The lowest BCUT2D eigenvalue weighted by Gasteiger charge is -2.03. The predicted molar refractivity (Wildman–Crippen MR) is 144 cm³/mol. The van der Waals surface area contributed by atoms with Crippen LogP contribution in [-0.2, 0) is 12.8 Å². The Labute approximate surface area is 204 Å². The average Bonchev–Trinajstić information content (AvgIpc) is 2.89. The van der Waals surface area contributed by atoms with E-state index in [1.807, 2.05) is 18.3 Å². The van der Waals surface area contributed by atoms with E-state index in [9.17, 15) is 0 Å². The Balaban J connectivity index is 1.57. The number of hydrogen-bond donors (Lipinski definition) is 0. The normalized spacial score (nSPS) is 10.3. The maximum atomic E-state index is 4.63. The molecule has 0 atom stereocenters. The molecule has 1 heteroatoms. The minimum absolute atomic E-state index is 0.899. The summed E-state index contributed by atoms with van der Waals surface area (Å²) >= 11 is 0. The zero-order valence-electron chi connectivity index (χ0n) is 20.2. The molecule has 168 valence electrons. The first-order chi connectivity index (χ1) is 16.8. The van der Waals surface area contributed by atoms with Gasteiger partial charge in [0.15, 0.2) is 0 Å². The number of pyridine rings is 1. The van der Waals surface area contributed by atoms with E-state index < -0.39 is 0 Å². The fourth-order valence-electron chi connectivity index (χ4n) is 3.93. The number of fused-ring (bicyclic) bond motifs is 1. The van der Waals surface area contributed by atoms with Gasteiger partial charge < -0.3 is 0 Å². The molecule has 1 aromatic heterocycles. The second kappa shape index (κ2) is 11.9. The van der Waals surface area contributed by atoms with Crippen molar-refractivity contribution < 1.29 is 0 Å². The molecular formula is C33H31N. The number of hydrogen-bond acceptors (Lipinski definition) is 1.